The van der Waals surface area contributed by atoms with Crippen molar-refractivity contribution in [2.75, 3.05) is 32.8 Å². The zero-order valence-corrected chi connectivity index (χ0v) is 32.1. The van der Waals surface area contributed by atoms with Gasteiger partial charge in [-0.15, -0.1) is 0 Å². The number of rotatable bonds is 8. The van der Waals surface area contributed by atoms with Crippen LogP contribution in [0.1, 0.15) is 39.2 Å². The molecule has 5 aromatic rings. The lowest BCUT2D eigenvalue weighted by Crippen LogP contribution is -2.49. The molecule has 7 rings (SSSR count). The Labute approximate surface area is 323 Å². The third-order valence-electron chi connectivity index (χ3n) is 9.44. The van der Waals surface area contributed by atoms with Crippen LogP contribution in [0.25, 0.3) is 21.8 Å². The monoisotopic (exact) mass is 774 g/mol. The molecule has 0 radical (unpaired) electrons. The molecule has 0 unspecified atom stereocenters. The van der Waals surface area contributed by atoms with Crippen LogP contribution in [0.4, 0.5) is 4.79 Å². The van der Waals surface area contributed by atoms with Crippen LogP contribution in [0.5, 0.6) is 11.5 Å². The Balaban J connectivity index is 0.000000276. The molecule has 2 aliphatic heterocycles. The van der Waals surface area contributed by atoms with Crippen molar-refractivity contribution >= 4 is 57.4 Å². The summed E-state index contributed by atoms with van der Waals surface area (Å²) in [5, 5.41) is 2.87. The average molecular weight is 776 g/mol. The zero-order valence-electron chi connectivity index (χ0n) is 30.6. The van der Waals surface area contributed by atoms with Crippen LogP contribution < -0.4 is 20.6 Å². The SMILES string of the molecule is CC(C)(C)OC(=O)N(Cc1ccc2c(c1)OCCO2)C1CCN(CCn2c(=O)ccc3c(Cl)cccc32)CC1.O=CCn1c(=O)ccc2c(Cl)cccc21. The van der Waals surface area contributed by atoms with Gasteiger partial charge in [0.2, 0.25) is 0 Å². The van der Waals surface area contributed by atoms with Crippen LogP contribution in [0.15, 0.2) is 88.5 Å². The molecule has 0 aliphatic carbocycles. The van der Waals surface area contributed by atoms with Gasteiger partial charge < -0.3 is 37.9 Å². The summed E-state index contributed by atoms with van der Waals surface area (Å²) in [5.74, 6) is 1.44. The van der Waals surface area contributed by atoms with Crippen molar-refractivity contribution in [3.8, 4) is 11.5 Å². The number of likely N-dealkylation sites (tertiary alicyclic amines) is 1. The predicted octanol–water partition coefficient (Wildman–Crippen LogP) is 7.18. The molecule has 284 valence electrons. The normalized spacial score (nSPS) is 14.7. The molecule has 0 spiro atoms. The van der Waals surface area contributed by atoms with Crippen LogP contribution in [-0.4, -0.2) is 75.8 Å². The molecule has 2 aliphatic rings. The second kappa shape index (κ2) is 17.1. The van der Waals surface area contributed by atoms with Crippen molar-refractivity contribution in [3.63, 3.8) is 0 Å². The van der Waals surface area contributed by atoms with Crippen LogP contribution in [0, 0.1) is 0 Å². The first-order valence-corrected chi connectivity index (χ1v) is 18.8. The number of hydrogen-bond donors (Lipinski definition) is 0. The van der Waals surface area contributed by atoms with Gasteiger partial charge in [0.25, 0.3) is 11.1 Å². The first kappa shape index (κ1) is 38.9. The quantitative estimate of drug-likeness (QED) is 0.153. The van der Waals surface area contributed by atoms with Crippen LogP contribution in [-0.2, 0) is 29.2 Å². The Kier molecular flexibility index (Phi) is 12.3. The molecule has 54 heavy (non-hydrogen) atoms. The van der Waals surface area contributed by atoms with Gasteiger partial charge in [0, 0.05) is 71.7 Å². The van der Waals surface area contributed by atoms with E-state index in [-0.39, 0.29) is 29.8 Å². The summed E-state index contributed by atoms with van der Waals surface area (Å²) < 4.78 is 20.4. The largest absolute Gasteiger partial charge is 0.486 e. The summed E-state index contributed by atoms with van der Waals surface area (Å²) in [6.45, 7) is 10.2. The van der Waals surface area contributed by atoms with Crippen molar-refractivity contribution in [1.82, 2.24) is 18.9 Å². The predicted molar refractivity (Wildman–Crippen MR) is 211 cm³/mol. The molecule has 0 atom stereocenters. The Morgan fingerprint density at radius 3 is 2.02 bits per heavy atom. The molecule has 13 heteroatoms. The van der Waals surface area contributed by atoms with E-state index in [1.54, 1.807) is 41.0 Å². The van der Waals surface area contributed by atoms with Crippen molar-refractivity contribution in [2.24, 2.45) is 0 Å². The highest BCUT2D eigenvalue weighted by Gasteiger charge is 2.31. The molecular weight excluding hydrogens is 731 g/mol. The Hall–Kier alpha value is -4.84. The van der Waals surface area contributed by atoms with Gasteiger partial charge >= 0.3 is 6.09 Å². The highest BCUT2D eigenvalue weighted by molar-refractivity contribution is 6.35. The number of carbonyl (C=O) groups is 2. The molecule has 1 fully saturated rings. The Morgan fingerprint density at radius 1 is 0.815 bits per heavy atom. The summed E-state index contributed by atoms with van der Waals surface area (Å²) in [6.07, 6.45) is 2.03. The minimum absolute atomic E-state index is 0.0322. The summed E-state index contributed by atoms with van der Waals surface area (Å²) >= 11 is 12.3. The van der Waals surface area contributed by atoms with Gasteiger partial charge in [-0.2, -0.15) is 0 Å². The summed E-state index contributed by atoms with van der Waals surface area (Å²) in [5.41, 5.74) is 1.69. The number of piperidine rings is 1. The number of aromatic nitrogens is 2. The maximum absolute atomic E-state index is 13.3. The van der Waals surface area contributed by atoms with E-state index in [0.29, 0.717) is 53.9 Å². The van der Waals surface area contributed by atoms with Crippen molar-refractivity contribution in [3.05, 3.63) is 115 Å². The zero-order chi connectivity index (χ0) is 38.4. The van der Waals surface area contributed by atoms with Gasteiger partial charge in [-0.1, -0.05) is 41.4 Å². The van der Waals surface area contributed by atoms with E-state index in [1.807, 2.05) is 62.1 Å². The fourth-order valence-corrected chi connectivity index (χ4v) is 7.28. The fourth-order valence-electron chi connectivity index (χ4n) is 6.81. The van der Waals surface area contributed by atoms with E-state index < -0.39 is 5.60 Å². The highest BCUT2D eigenvalue weighted by Crippen LogP contribution is 2.32. The molecule has 0 saturated carbocycles. The van der Waals surface area contributed by atoms with Gasteiger partial charge in [0.15, 0.2) is 11.5 Å². The van der Waals surface area contributed by atoms with E-state index in [2.05, 4.69) is 4.90 Å². The van der Waals surface area contributed by atoms with Crippen LogP contribution in [0.3, 0.4) is 0 Å². The number of fused-ring (bicyclic) bond motifs is 3. The number of halogens is 2. The smallest absolute Gasteiger partial charge is 0.410 e. The van der Waals surface area contributed by atoms with Crippen molar-refractivity contribution < 1.29 is 23.8 Å². The maximum atomic E-state index is 13.3. The van der Waals surface area contributed by atoms with E-state index >= 15 is 0 Å². The summed E-state index contributed by atoms with van der Waals surface area (Å²) in [4.78, 5) is 52.1. The maximum Gasteiger partial charge on any atom is 0.410 e. The van der Waals surface area contributed by atoms with Gasteiger partial charge in [-0.05, 0) is 87.7 Å². The van der Waals surface area contributed by atoms with Gasteiger partial charge in [0.05, 0.1) is 17.6 Å². The number of aldehydes is 1. The number of ether oxygens (including phenoxy) is 3. The second-order valence-corrected chi connectivity index (χ2v) is 15.1. The number of carbonyl (C=O) groups excluding carboxylic acids is 2. The number of hydrogen-bond acceptors (Lipinski definition) is 8. The third-order valence-corrected chi connectivity index (χ3v) is 10.1. The standard InChI is InChI=1S/C30H36ClN3O5.C11H8ClNO2/c1-30(2,3)39-29(36)34(20-21-7-9-26-27(19-21)38-18-17-37-26)22-11-13-32(14-12-22)15-16-33-25-6-4-5-24(31)23(25)8-10-28(33)35;12-9-2-1-3-10-8(9)4-5-11(15)13(10)6-7-14/h4-10,19,22H,11-18,20H2,1-3H3;1-5,7H,6H2. The van der Waals surface area contributed by atoms with E-state index in [1.165, 1.54) is 10.6 Å². The lowest BCUT2D eigenvalue weighted by molar-refractivity contribution is -0.108. The molecule has 2 aromatic heterocycles. The number of pyridine rings is 2. The number of nitrogens with zero attached hydrogens (tertiary/aromatic N) is 4. The molecule has 0 N–H and O–H groups in total. The molecule has 11 nitrogen and oxygen atoms in total. The summed E-state index contributed by atoms with van der Waals surface area (Å²) in [6, 6.07) is 23.3. The lowest BCUT2D eigenvalue weighted by Gasteiger charge is -2.39. The minimum Gasteiger partial charge on any atom is -0.486 e. The lowest BCUT2D eigenvalue weighted by atomic mass is 10.0. The number of amides is 1. The number of benzene rings is 3. The molecule has 4 heterocycles. The van der Waals surface area contributed by atoms with E-state index in [0.717, 1.165) is 60.1 Å². The molecule has 3 aromatic carbocycles. The van der Waals surface area contributed by atoms with Crippen molar-refractivity contribution in [2.45, 2.75) is 64.9 Å². The summed E-state index contributed by atoms with van der Waals surface area (Å²) in [7, 11) is 0. The molecule has 0 bridgehead atoms. The van der Waals surface area contributed by atoms with Crippen LogP contribution >= 0.6 is 23.2 Å². The molecule has 1 saturated heterocycles. The highest BCUT2D eigenvalue weighted by atomic mass is 35.5. The van der Waals surface area contributed by atoms with E-state index in [4.69, 9.17) is 37.4 Å². The third kappa shape index (κ3) is 9.26. The second-order valence-electron chi connectivity index (χ2n) is 14.3. The first-order valence-electron chi connectivity index (χ1n) is 18.0. The minimum atomic E-state index is -0.586. The Bertz CT molecular complexity index is 2260. The van der Waals surface area contributed by atoms with E-state index in [9.17, 15) is 19.2 Å². The first-order chi connectivity index (χ1) is 25.9. The molecular formula is C41H44Cl2N4O7. The van der Waals surface area contributed by atoms with Crippen molar-refractivity contribution in [1.29, 1.82) is 0 Å². The fraction of sp³-hybridized carbons (Fsp3) is 0.366. The van der Waals surface area contributed by atoms with Gasteiger partial charge in [0.1, 0.15) is 25.1 Å². The van der Waals surface area contributed by atoms with Gasteiger partial charge in [-0.25, -0.2) is 4.79 Å². The Morgan fingerprint density at radius 2 is 1.41 bits per heavy atom. The van der Waals surface area contributed by atoms with Crippen LogP contribution in [0.2, 0.25) is 10.0 Å². The van der Waals surface area contributed by atoms with Gasteiger partial charge in [-0.3, -0.25) is 9.59 Å². The molecule has 1 amide bonds. The average Bonchev–Trinajstić information content (AvgIpc) is 3.14. The topological polar surface area (TPSA) is 112 Å².